The number of halogens is 1. The minimum absolute atomic E-state index is 0.0261. The van der Waals surface area contributed by atoms with Crippen LogP contribution in [0.3, 0.4) is 0 Å². The van der Waals surface area contributed by atoms with E-state index >= 15 is 0 Å². The van der Waals surface area contributed by atoms with Gasteiger partial charge >= 0.3 is 0 Å². The molecule has 0 bridgehead atoms. The van der Waals surface area contributed by atoms with Gasteiger partial charge in [-0.3, -0.25) is 0 Å². The van der Waals surface area contributed by atoms with Crippen LogP contribution in [0.2, 0.25) is 0 Å². The van der Waals surface area contributed by atoms with Crippen molar-refractivity contribution >= 4 is 70.4 Å². The molecule has 0 spiro atoms. The van der Waals surface area contributed by atoms with Gasteiger partial charge in [-0.2, -0.15) is 4.39 Å². The third-order valence-electron chi connectivity index (χ3n) is 1.64. The number of nitrogens with zero attached hydrogens (tertiary/aromatic N) is 2. The quantitative estimate of drug-likeness (QED) is 0.551. The Bertz CT molecular complexity index is 316. The highest BCUT2D eigenvalue weighted by molar-refractivity contribution is 9.24. The van der Waals surface area contributed by atoms with E-state index in [4.69, 9.17) is 0 Å². The summed E-state index contributed by atoms with van der Waals surface area (Å²) in [6.07, 6.45) is 2.93. The lowest BCUT2D eigenvalue weighted by atomic mass is 10.4. The fraction of sp³-hybridized carbons (Fsp3) is 0.429. The topological polar surface area (TPSA) is 15.6 Å². The molecule has 0 radical (unpaired) electrons. The van der Waals surface area contributed by atoms with Gasteiger partial charge in [0.15, 0.2) is 5.83 Å². The molecule has 1 rings (SSSR count). The summed E-state index contributed by atoms with van der Waals surface area (Å²) >= 11 is 8.26. The van der Waals surface area contributed by atoms with Crippen molar-refractivity contribution in [2.24, 2.45) is 5.10 Å². The summed E-state index contributed by atoms with van der Waals surface area (Å²) in [4.78, 5) is 0. The maximum atomic E-state index is 12.7. The summed E-state index contributed by atoms with van der Waals surface area (Å²) < 4.78 is 12.7. The van der Waals surface area contributed by atoms with E-state index in [1.54, 1.807) is 31.8 Å². The predicted molar refractivity (Wildman–Crippen MR) is 84.6 cm³/mol. The Labute approximate surface area is 120 Å². The first-order valence-electron chi connectivity index (χ1n) is 4.08. The van der Waals surface area contributed by atoms with Crippen LogP contribution in [0.25, 0.3) is 0 Å². The Hall–Kier alpha value is 1.02. The molecular weight excluding hydrogens is 323 g/mol. The van der Waals surface area contributed by atoms with Crippen LogP contribution in [-0.2, 0) is 0 Å². The molecule has 0 saturated heterocycles. The number of allylic oxidation sites excluding steroid dienone is 2. The van der Waals surface area contributed by atoms with Gasteiger partial charge in [-0.15, -0.1) is 16.8 Å². The molecule has 0 aromatic heterocycles. The zero-order valence-corrected chi connectivity index (χ0v) is 13.2. The van der Waals surface area contributed by atoms with E-state index in [2.05, 4.69) is 41.2 Å². The molecule has 9 heteroatoms. The normalized spacial score (nSPS) is 18.5. The summed E-state index contributed by atoms with van der Waals surface area (Å²) in [5.74, 6) is 1.83. The highest BCUT2D eigenvalue weighted by Gasteiger charge is 2.23. The van der Waals surface area contributed by atoms with Gasteiger partial charge in [0.1, 0.15) is 5.37 Å². The fourth-order valence-electron chi connectivity index (χ4n) is 0.936. The molecule has 2 nitrogen and oxygen atoms in total. The van der Waals surface area contributed by atoms with Crippen LogP contribution < -0.4 is 0 Å². The smallest absolute Gasteiger partial charge is 0.187 e. The number of hydrogen-bond acceptors (Lipinski definition) is 8. The van der Waals surface area contributed by atoms with E-state index in [1.807, 2.05) is 0 Å². The minimum Gasteiger partial charge on any atom is -0.249 e. The van der Waals surface area contributed by atoms with Gasteiger partial charge in [0.05, 0.1) is 0 Å². The molecule has 16 heavy (non-hydrogen) atoms. The van der Waals surface area contributed by atoms with Gasteiger partial charge < -0.3 is 0 Å². The maximum absolute atomic E-state index is 12.7. The van der Waals surface area contributed by atoms with Crippen molar-refractivity contribution in [1.29, 1.82) is 0 Å². The summed E-state index contributed by atoms with van der Waals surface area (Å²) in [6, 6.07) is 0. The highest BCUT2D eigenvalue weighted by atomic mass is 33.7. The molecule has 0 amide bonds. The average molecular weight is 333 g/mol. The molecule has 2 atom stereocenters. The van der Waals surface area contributed by atoms with Gasteiger partial charge in [0.2, 0.25) is 0 Å². The first kappa shape index (κ1) is 15.1. The third-order valence-corrected chi connectivity index (χ3v) is 8.23. The molecule has 0 N–H and O–H groups in total. The Morgan fingerprint density at radius 3 is 2.81 bits per heavy atom. The summed E-state index contributed by atoms with van der Waals surface area (Å²) in [6.45, 7) is 2.06. The molecule has 1 aliphatic rings. The largest absolute Gasteiger partial charge is 0.249 e. The molecule has 0 fully saturated rings. The minimum atomic E-state index is -0.459. The maximum Gasteiger partial charge on any atom is 0.187 e. The Morgan fingerprint density at radius 1 is 1.56 bits per heavy atom. The first-order valence-corrected chi connectivity index (χ1v) is 10.6. The van der Waals surface area contributed by atoms with E-state index in [0.717, 1.165) is 0 Å². The number of hydrazone groups is 1. The molecule has 1 heterocycles. The van der Waals surface area contributed by atoms with Crippen LogP contribution in [0.4, 0.5) is 4.39 Å². The lowest BCUT2D eigenvalue weighted by Crippen LogP contribution is -2.30. The van der Waals surface area contributed by atoms with E-state index in [-0.39, 0.29) is 10.6 Å². The van der Waals surface area contributed by atoms with Crippen LogP contribution >= 0.6 is 64.6 Å². The number of thiol groups is 2. The van der Waals surface area contributed by atoms with Crippen molar-refractivity contribution in [1.82, 2.24) is 5.01 Å². The Kier molecular flexibility index (Phi) is 7.71. The lowest BCUT2D eigenvalue weighted by molar-refractivity contribution is 0.372. The van der Waals surface area contributed by atoms with Crippen LogP contribution in [0, 0.1) is 0 Å². The van der Waals surface area contributed by atoms with E-state index in [9.17, 15) is 4.39 Å². The fourth-order valence-corrected chi connectivity index (χ4v) is 6.50. The Morgan fingerprint density at radius 2 is 2.31 bits per heavy atom. The van der Waals surface area contributed by atoms with E-state index in [0.29, 0.717) is 0 Å². The molecule has 1 aliphatic heterocycles. The third kappa shape index (κ3) is 4.72. The molecule has 0 aliphatic carbocycles. The Balaban J connectivity index is 2.61. The highest BCUT2D eigenvalue weighted by Crippen LogP contribution is 2.43. The molecule has 0 aromatic carbocycles. The molecule has 0 saturated carbocycles. The van der Waals surface area contributed by atoms with Crippen LogP contribution in [0.5, 0.6) is 0 Å². The zero-order valence-electron chi connectivity index (χ0n) is 8.11. The van der Waals surface area contributed by atoms with Gasteiger partial charge in [0, 0.05) is 23.4 Å². The zero-order chi connectivity index (χ0) is 12.0. The second-order valence-electron chi connectivity index (χ2n) is 2.70. The molecule has 90 valence electrons. The molecule has 2 unspecified atom stereocenters. The van der Waals surface area contributed by atoms with Crippen molar-refractivity contribution < 1.29 is 4.39 Å². The van der Waals surface area contributed by atoms with Gasteiger partial charge in [-0.25, -0.2) is 5.01 Å². The predicted octanol–water partition coefficient (Wildman–Crippen LogP) is 4.42. The second kappa shape index (κ2) is 8.18. The second-order valence-corrected chi connectivity index (χ2v) is 9.24. The van der Waals surface area contributed by atoms with Crippen LogP contribution in [0.15, 0.2) is 23.2 Å². The summed E-state index contributed by atoms with van der Waals surface area (Å²) in [5.41, 5.74) is 0. The van der Waals surface area contributed by atoms with Gasteiger partial charge in [0.25, 0.3) is 0 Å². The average Bonchev–Trinajstić information content (AvgIpc) is 2.30. The van der Waals surface area contributed by atoms with Crippen molar-refractivity contribution in [2.75, 3.05) is 0 Å². The van der Waals surface area contributed by atoms with Crippen molar-refractivity contribution in [3.63, 3.8) is 0 Å². The lowest BCUT2D eigenvalue weighted by Gasteiger charge is -2.27. The van der Waals surface area contributed by atoms with E-state index in [1.165, 1.54) is 26.7 Å². The SMILES string of the molecule is CC(SSSS)C(SS)N1C=CC(F)=C=N1. The first-order chi connectivity index (χ1) is 7.69. The summed E-state index contributed by atoms with van der Waals surface area (Å²) in [5, 5.41) is 5.83. The summed E-state index contributed by atoms with van der Waals surface area (Å²) in [7, 11) is 6.03. The van der Waals surface area contributed by atoms with Gasteiger partial charge in [-0.05, 0) is 26.6 Å². The van der Waals surface area contributed by atoms with Gasteiger partial charge in [-0.1, -0.05) is 33.2 Å². The van der Waals surface area contributed by atoms with Crippen LogP contribution in [-0.4, -0.2) is 21.5 Å². The molecule has 0 aromatic rings. The van der Waals surface area contributed by atoms with Crippen LogP contribution in [0.1, 0.15) is 6.92 Å². The van der Waals surface area contributed by atoms with Crippen molar-refractivity contribution in [2.45, 2.75) is 17.5 Å². The monoisotopic (exact) mass is 332 g/mol. The van der Waals surface area contributed by atoms with Crippen molar-refractivity contribution in [3.05, 3.63) is 18.1 Å². The standard InChI is InChI=1S/C7H9FN2S6/c1-5(14-16-15-12)7(13-11)10-3-2-6(8)4-9-10/h2-3,5,7,11-12H,1H3. The molecular formula is C7H9FN2S6. The number of rotatable bonds is 6. The number of hydrogen-bond donors (Lipinski definition) is 2. The van der Waals surface area contributed by atoms with Crippen molar-refractivity contribution in [3.8, 4) is 0 Å². The van der Waals surface area contributed by atoms with E-state index < -0.39 is 5.83 Å².